The lowest BCUT2D eigenvalue weighted by molar-refractivity contribution is -0.0153. The summed E-state index contributed by atoms with van der Waals surface area (Å²) in [5.74, 6) is -1.10. The molecule has 0 fully saturated rings. The summed E-state index contributed by atoms with van der Waals surface area (Å²) in [5, 5.41) is 22.4. The summed E-state index contributed by atoms with van der Waals surface area (Å²) in [6.07, 6.45) is -3.30. The molecule has 2 aromatic rings. The van der Waals surface area contributed by atoms with E-state index in [1.165, 1.54) is 6.20 Å². The van der Waals surface area contributed by atoms with E-state index in [1.807, 2.05) is 13.8 Å². The first-order valence-electron chi connectivity index (χ1n) is 6.75. The number of halogens is 2. The second-order valence-electron chi connectivity index (χ2n) is 5.04. The monoisotopic (exact) mass is 313 g/mol. The number of nitrogens with zero attached hydrogens (tertiary/aromatic N) is 4. The third-order valence-corrected chi connectivity index (χ3v) is 3.01. The van der Waals surface area contributed by atoms with Crippen LogP contribution in [-0.4, -0.2) is 49.3 Å². The number of aliphatic hydroxyl groups is 1. The molecule has 120 valence electrons. The van der Waals surface area contributed by atoms with E-state index in [9.17, 15) is 13.9 Å². The van der Waals surface area contributed by atoms with Crippen molar-refractivity contribution < 1.29 is 18.6 Å². The molecule has 0 aliphatic rings. The van der Waals surface area contributed by atoms with E-state index < -0.39 is 18.4 Å². The van der Waals surface area contributed by atoms with Crippen LogP contribution in [0.4, 0.5) is 8.78 Å². The van der Waals surface area contributed by atoms with Gasteiger partial charge in [0.05, 0.1) is 24.3 Å². The minimum absolute atomic E-state index is 0.0338. The molecular formula is C13H17F2N5O2. The van der Waals surface area contributed by atoms with Crippen LogP contribution in [0.25, 0.3) is 0 Å². The van der Waals surface area contributed by atoms with E-state index >= 15 is 0 Å². The van der Waals surface area contributed by atoms with Crippen LogP contribution in [0.3, 0.4) is 0 Å². The van der Waals surface area contributed by atoms with Gasteiger partial charge in [0.25, 0.3) is 6.43 Å². The van der Waals surface area contributed by atoms with Crippen molar-refractivity contribution in [2.45, 2.75) is 45.0 Å². The largest absolute Gasteiger partial charge is 0.386 e. The highest BCUT2D eigenvalue weighted by atomic mass is 19.3. The molecule has 22 heavy (non-hydrogen) atoms. The van der Waals surface area contributed by atoms with E-state index in [2.05, 4.69) is 25.6 Å². The number of aliphatic hydroxyl groups excluding tert-OH is 1. The Morgan fingerprint density at radius 2 is 2.09 bits per heavy atom. The Kier molecular flexibility index (Phi) is 5.45. The maximum absolute atomic E-state index is 12.9. The molecule has 0 radical (unpaired) electrons. The lowest BCUT2D eigenvalue weighted by atomic mass is 9.97. The van der Waals surface area contributed by atoms with Gasteiger partial charge in [-0.2, -0.15) is 0 Å². The van der Waals surface area contributed by atoms with Gasteiger partial charge >= 0.3 is 0 Å². The zero-order chi connectivity index (χ0) is 16.1. The molecule has 2 rings (SSSR count). The van der Waals surface area contributed by atoms with Gasteiger partial charge in [0, 0.05) is 6.20 Å². The van der Waals surface area contributed by atoms with Crippen molar-refractivity contribution in [3.05, 3.63) is 35.4 Å². The van der Waals surface area contributed by atoms with Gasteiger partial charge in [-0.25, -0.2) is 13.9 Å². The molecule has 2 unspecified atom stereocenters. The molecule has 0 aromatic carbocycles. The van der Waals surface area contributed by atoms with Crippen LogP contribution in [0.15, 0.2) is 18.3 Å². The molecule has 0 spiro atoms. The standard InChI is InChI=1S/C13H17F2N5O2/c1-7(2)22-6-8-3-4-9(16-5-8)10(11(21)12(14)15)13-17-19-20-18-13/h3-5,7,10-12,21H,6H2,1-2H3,(H,17,18,19,20). The lowest BCUT2D eigenvalue weighted by Crippen LogP contribution is -2.28. The molecule has 0 aliphatic heterocycles. The Balaban J connectivity index is 2.21. The third-order valence-electron chi connectivity index (χ3n) is 3.01. The molecule has 2 aromatic heterocycles. The first kappa shape index (κ1) is 16.4. The molecular weight excluding hydrogens is 296 g/mol. The second kappa shape index (κ2) is 7.32. The first-order valence-corrected chi connectivity index (χ1v) is 6.75. The smallest absolute Gasteiger partial charge is 0.265 e. The Hall–Kier alpha value is -2.00. The number of nitrogens with one attached hydrogen (secondary N) is 1. The van der Waals surface area contributed by atoms with Gasteiger partial charge in [-0.3, -0.25) is 4.98 Å². The van der Waals surface area contributed by atoms with Gasteiger partial charge in [-0.15, -0.1) is 5.10 Å². The predicted molar refractivity (Wildman–Crippen MR) is 72.2 cm³/mol. The van der Waals surface area contributed by atoms with E-state index in [1.54, 1.807) is 12.1 Å². The zero-order valence-corrected chi connectivity index (χ0v) is 12.1. The average Bonchev–Trinajstić information content (AvgIpc) is 3.00. The molecule has 0 aliphatic carbocycles. The molecule has 2 heterocycles. The minimum Gasteiger partial charge on any atom is -0.386 e. The number of aromatic amines is 1. The molecule has 0 saturated carbocycles. The molecule has 2 atom stereocenters. The number of ether oxygens (including phenoxy) is 1. The van der Waals surface area contributed by atoms with E-state index in [0.717, 1.165) is 5.56 Å². The quantitative estimate of drug-likeness (QED) is 0.799. The second-order valence-corrected chi connectivity index (χ2v) is 5.04. The topological polar surface area (TPSA) is 96.8 Å². The molecule has 9 heteroatoms. The number of alkyl halides is 2. The fourth-order valence-electron chi connectivity index (χ4n) is 1.89. The summed E-state index contributed by atoms with van der Waals surface area (Å²) in [6.45, 7) is 4.19. The highest BCUT2D eigenvalue weighted by Gasteiger charge is 2.34. The van der Waals surface area contributed by atoms with Crippen LogP contribution in [0, 0.1) is 0 Å². The summed E-state index contributed by atoms with van der Waals surface area (Å²) in [7, 11) is 0. The van der Waals surface area contributed by atoms with E-state index in [4.69, 9.17) is 4.74 Å². The van der Waals surface area contributed by atoms with Gasteiger partial charge in [0.15, 0.2) is 5.82 Å². The third kappa shape index (κ3) is 4.01. The number of hydrogen-bond donors (Lipinski definition) is 2. The number of H-pyrrole nitrogens is 1. The fourth-order valence-corrected chi connectivity index (χ4v) is 1.89. The van der Waals surface area contributed by atoms with E-state index in [0.29, 0.717) is 6.61 Å². The van der Waals surface area contributed by atoms with Gasteiger partial charge in [0.2, 0.25) is 0 Å². The van der Waals surface area contributed by atoms with Crippen molar-refractivity contribution in [2.75, 3.05) is 0 Å². The Labute approximate surface area is 125 Å². The maximum atomic E-state index is 12.9. The van der Waals surface area contributed by atoms with Crippen LogP contribution in [-0.2, 0) is 11.3 Å². The summed E-state index contributed by atoms with van der Waals surface area (Å²) in [6, 6.07) is 3.26. The van der Waals surface area contributed by atoms with Crippen LogP contribution in [0.5, 0.6) is 0 Å². The molecule has 7 nitrogen and oxygen atoms in total. The average molecular weight is 313 g/mol. The molecule has 2 N–H and O–H groups in total. The van der Waals surface area contributed by atoms with Crippen molar-refractivity contribution in [2.24, 2.45) is 0 Å². The Morgan fingerprint density at radius 1 is 1.32 bits per heavy atom. The van der Waals surface area contributed by atoms with Gasteiger partial charge in [0.1, 0.15) is 6.10 Å². The first-order chi connectivity index (χ1) is 10.5. The number of rotatable bonds is 7. The number of aromatic nitrogens is 5. The van der Waals surface area contributed by atoms with E-state index in [-0.39, 0.29) is 17.6 Å². The Bertz CT molecular complexity index is 562. The molecule has 0 bridgehead atoms. The van der Waals surface area contributed by atoms with Crippen molar-refractivity contribution in [3.8, 4) is 0 Å². The summed E-state index contributed by atoms with van der Waals surface area (Å²) >= 11 is 0. The normalized spacial score (nSPS) is 14.5. The summed E-state index contributed by atoms with van der Waals surface area (Å²) in [4.78, 5) is 4.13. The lowest BCUT2D eigenvalue weighted by Gasteiger charge is -2.19. The SMILES string of the molecule is CC(C)OCc1ccc(C(c2nnn[nH]2)C(O)C(F)F)nc1. The van der Waals surface area contributed by atoms with Gasteiger partial charge in [-0.05, 0) is 35.9 Å². The van der Waals surface area contributed by atoms with Crippen LogP contribution in [0.2, 0.25) is 0 Å². The molecule has 0 amide bonds. The molecule has 0 saturated heterocycles. The number of pyridine rings is 1. The zero-order valence-electron chi connectivity index (χ0n) is 12.1. The van der Waals surface area contributed by atoms with Crippen LogP contribution in [0.1, 0.15) is 36.8 Å². The Morgan fingerprint density at radius 3 is 2.59 bits per heavy atom. The van der Waals surface area contributed by atoms with Crippen molar-refractivity contribution in [3.63, 3.8) is 0 Å². The highest BCUT2D eigenvalue weighted by Crippen LogP contribution is 2.27. The fraction of sp³-hybridized carbons (Fsp3) is 0.538. The number of tetrazole rings is 1. The number of hydrogen-bond acceptors (Lipinski definition) is 6. The van der Waals surface area contributed by atoms with Crippen LogP contribution >= 0.6 is 0 Å². The van der Waals surface area contributed by atoms with Crippen LogP contribution < -0.4 is 0 Å². The maximum Gasteiger partial charge on any atom is 0.265 e. The van der Waals surface area contributed by atoms with Gasteiger partial charge in [-0.1, -0.05) is 6.07 Å². The summed E-state index contributed by atoms with van der Waals surface area (Å²) < 4.78 is 31.2. The van der Waals surface area contributed by atoms with Crippen molar-refractivity contribution in [1.82, 2.24) is 25.6 Å². The predicted octanol–water partition coefficient (Wildman–Crippen LogP) is 1.28. The summed E-state index contributed by atoms with van der Waals surface area (Å²) in [5.41, 5.74) is 1.05. The van der Waals surface area contributed by atoms with Gasteiger partial charge < -0.3 is 9.84 Å². The minimum atomic E-state index is -2.94. The van der Waals surface area contributed by atoms with Crippen molar-refractivity contribution in [1.29, 1.82) is 0 Å². The van der Waals surface area contributed by atoms with Crippen molar-refractivity contribution >= 4 is 0 Å². The highest BCUT2D eigenvalue weighted by molar-refractivity contribution is 5.22.